The van der Waals surface area contributed by atoms with Gasteiger partial charge in [0.2, 0.25) is 9.84 Å². The summed E-state index contributed by atoms with van der Waals surface area (Å²) in [6.45, 7) is 2.06. The van der Waals surface area contributed by atoms with E-state index in [1.54, 1.807) is 36.4 Å². The van der Waals surface area contributed by atoms with Crippen molar-refractivity contribution in [1.29, 1.82) is 0 Å². The number of hydrogen-bond acceptors (Lipinski definition) is 4. The number of methoxy groups -OCH3 is 1. The van der Waals surface area contributed by atoms with Gasteiger partial charge in [-0.2, -0.15) is 0 Å². The van der Waals surface area contributed by atoms with Gasteiger partial charge in [0.25, 0.3) is 0 Å². The van der Waals surface area contributed by atoms with Crippen molar-refractivity contribution < 1.29 is 17.9 Å². The molecule has 0 radical (unpaired) electrons. The van der Waals surface area contributed by atoms with Crippen LogP contribution in [0.1, 0.15) is 5.56 Å². The molecule has 0 unspecified atom stereocenters. The molecule has 0 atom stereocenters. The second-order valence-corrected chi connectivity index (χ2v) is 9.09. The first kappa shape index (κ1) is 20.7. The maximum Gasteiger partial charge on any atom is 0.206 e. The molecular formula is C26H22O4S. The van der Waals surface area contributed by atoms with E-state index in [1.165, 1.54) is 24.8 Å². The second kappa shape index (κ2) is 8.66. The Bertz CT molecular complexity index is 1260. The van der Waals surface area contributed by atoms with Gasteiger partial charge < -0.3 is 9.47 Å². The molecule has 0 aliphatic heterocycles. The molecular weight excluding hydrogens is 408 g/mol. The van der Waals surface area contributed by atoms with Crippen molar-refractivity contribution in [1.82, 2.24) is 0 Å². The first-order chi connectivity index (χ1) is 15.0. The number of hydrogen-bond donors (Lipinski definition) is 0. The molecule has 4 rings (SSSR count). The second-order valence-electron chi connectivity index (χ2n) is 7.14. The topological polar surface area (TPSA) is 52.6 Å². The monoisotopic (exact) mass is 430 g/mol. The van der Waals surface area contributed by atoms with Crippen LogP contribution < -0.4 is 9.47 Å². The van der Waals surface area contributed by atoms with Crippen LogP contribution in [0.4, 0.5) is 0 Å². The summed E-state index contributed by atoms with van der Waals surface area (Å²) in [5.74, 6) is 1.86. The van der Waals surface area contributed by atoms with Gasteiger partial charge >= 0.3 is 0 Å². The fraction of sp³-hybridized carbons (Fsp3) is 0.0769. The van der Waals surface area contributed by atoms with E-state index in [9.17, 15) is 8.42 Å². The van der Waals surface area contributed by atoms with Crippen molar-refractivity contribution >= 4 is 9.84 Å². The predicted octanol–water partition coefficient (Wildman–Crippen LogP) is 6.30. The molecule has 0 bridgehead atoms. The predicted molar refractivity (Wildman–Crippen MR) is 122 cm³/mol. The third kappa shape index (κ3) is 4.62. The summed E-state index contributed by atoms with van der Waals surface area (Å²) < 4.78 is 36.6. The Morgan fingerprint density at radius 2 is 0.935 bits per heavy atom. The standard InChI is InChI=1S/C26H22O4S/c1-19-3-5-20(6-4-19)21-7-9-23(10-8-21)30-24-13-17-26(18-14-24)31(27,28)25-15-11-22(29-2)12-16-25/h3-18H,1-2H3. The van der Waals surface area contributed by atoms with E-state index < -0.39 is 9.84 Å². The van der Waals surface area contributed by atoms with Gasteiger partial charge in [0.05, 0.1) is 16.9 Å². The van der Waals surface area contributed by atoms with E-state index in [4.69, 9.17) is 9.47 Å². The van der Waals surface area contributed by atoms with Gasteiger partial charge in [0.1, 0.15) is 17.2 Å². The highest BCUT2D eigenvalue weighted by Gasteiger charge is 2.17. The summed E-state index contributed by atoms with van der Waals surface area (Å²) in [5.41, 5.74) is 3.47. The zero-order valence-electron chi connectivity index (χ0n) is 17.3. The summed E-state index contributed by atoms with van der Waals surface area (Å²) in [6.07, 6.45) is 0. The largest absolute Gasteiger partial charge is 0.497 e. The van der Waals surface area contributed by atoms with Crippen LogP contribution in [0.25, 0.3) is 11.1 Å². The lowest BCUT2D eigenvalue weighted by Gasteiger charge is -2.09. The lowest BCUT2D eigenvalue weighted by Crippen LogP contribution is -2.01. The molecule has 4 nitrogen and oxygen atoms in total. The van der Waals surface area contributed by atoms with Crippen molar-refractivity contribution in [2.45, 2.75) is 16.7 Å². The van der Waals surface area contributed by atoms with Crippen LogP contribution in [-0.4, -0.2) is 15.5 Å². The first-order valence-electron chi connectivity index (χ1n) is 9.80. The minimum absolute atomic E-state index is 0.208. The minimum atomic E-state index is -3.60. The molecule has 4 aromatic rings. The third-order valence-corrected chi connectivity index (χ3v) is 6.76. The molecule has 5 heteroatoms. The van der Waals surface area contributed by atoms with Gasteiger partial charge in [-0.1, -0.05) is 42.0 Å². The van der Waals surface area contributed by atoms with Crippen LogP contribution in [0.2, 0.25) is 0 Å². The molecule has 0 heterocycles. The molecule has 0 spiro atoms. The molecule has 156 valence electrons. The quantitative estimate of drug-likeness (QED) is 0.360. The maximum absolute atomic E-state index is 12.8. The Labute approximate surface area is 182 Å². The number of sulfone groups is 1. The Balaban J connectivity index is 1.48. The lowest BCUT2D eigenvalue weighted by atomic mass is 10.0. The molecule has 0 fully saturated rings. The number of benzene rings is 4. The van der Waals surface area contributed by atoms with Crippen molar-refractivity contribution in [3.8, 4) is 28.4 Å². The molecule has 4 aromatic carbocycles. The Morgan fingerprint density at radius 3 is 1.39 bits per heavy atom. The van der Waals surface area contributed by atoms with Crippen molar-refractivity contribution in [3.63, 3.8) is 0 Å². The third-order valence-electron chi connectivity index (χ3n) is 4.98. The van der Waals surface area contributed by atoms with E-state index in [2.05, 4.69) is 31.2 Å². The average molecular weight is 431 g/mol. The summed E-state index contributed by atoms with van der Waals surface area (Å²) >= 11 is 0. The van der Waals surface area contributed by atoms with Crippen molar-refractivity contribution in [2.75, 3.05) is 7.11 Å². The molecule has 0 saturated carbocycles. The van der Waals surface area contributed by atoms with Gasteiger partial charge in [-0.25, -0.2) is 8.42 Å². The summed E-state index contributed by atoms with van der Waals surface area (Å²) in [7, 11) is -2.06. The normalized spacial score (nSPS) is 11.2. The Kier molecular flexibility index (Phi) is 5.78. The van der Waals surface area contributed by atoms with Crippen LogP contribution in [0.5, 0.6) is 17.2 Å². The Morgan fingerprint density at radius 1 is 0.548 bits per heavy atom. The molecule has 0 N–H and O–H groups in total. The molecule has 0 aromatic heterocycles. The molecule has 0 aliphatic carbocycles. The SMILES string of the molecule is COc1ccc(S(=O)(=O)c2ccc(Oc3ccc(-c4ccc(C)cc4)cc3)cc2)cc1. The zero-order valence-corrected chi connectivity index (χ0v) is 18.1. The highest BCUT2D eigenvalue weighted by atomic mass is 32.2. The lowest BCUT2D eigenvalue weighted by molar-refractivity contribution is 0.414. The van der Waals surface area contributed by atoms with Crippen LogP contribution >= 0.6 is 0 Å². The average Bonchev–Trinajstić information content (AvgIpc) is 2.80. The summed E-state index contributed by atoms with van der Waals surface area (Å²) in [6, 6.07) is 28.9. The molecule has 0 aliphatic rings. The van der Waals surface area contributed by atoms with E-state index >= 15 is 0 Å². The number of aryl methyl sites for hydroxylation is 1. The highest BCUT2D eigenvalue weighted by molar-refractivity contribution is 7.91. The van der Waals surface area contributed by atoms with E-state index in [1.807, 2.05) is 24.3 Å². The van der Waals surface area contributed by atoms with Crippen LogP contribution in [0.15, 0.2) is 107 Å². The van der Waals surface area contributed by atoms with Gasteiger partial charge in [-0.15, -0.1) is 0 Å². The first-order valence-corrected chi connectivity index (χ1v) is 11.3. The Hall–Kier alpha value is -3.57. The molecule has 0 amide bonds. The van der Waals surface area contributed by atoms with E-state index in [-0.39, 0.29) is 9.79 Å². The maximum atomic E-state index is 12.8. The fourth-order valence-corrected chi connectivity index (χ4v) is 4.44. The molecule has 0 saturated heterocycles. The van der Waals surface area contributed by atoms with Crippen molar-refractivity contribution in [2.24, 2.45) is 0 Å². The van der Waals surface area contributed by atoms with Gasteiger partial charge in [0.15, 0.2) is 0 Å². The fourth-order valence-electron chi connectivity index (χ4n) is 3.18. The molecule has 31 heavy (non-hydrogen) atoms. The zero-order chi connectivity index (χ0) is 21.8. The number of rotatable bonds is 6. The minimum Gasteiger partial charge on any atom is -0.497 e. The summed E-state index contributed by atoms with van der Waals surface area (Å²) in [5, 5.41) is 0. The van der Waals surface area contributed by atoms with E-state index in [0.717, 1.165) is 11.1 Å². The van der Waals surface area contributed by atoms with Crippen molar-refractivity contribution in [3.05, 3.63) is 103 Å². The smallest absolute Gasteiger partial charge is 0.206 e. The highest BCUT2D eigenvalue weighted by Crippen LogP contribution is 2.28. The van der Waals surface area contributed by atoms with Gasteiger partial charge in [0, 0.05) is 0 Å². The van der Waals surface area contributed by atoms with Crippen LogP contribution in [0, 0.1) is 6.92 Å². The van der Waals surface area contributed by atoms with Gasteiger partial charge in [-0.3, -0.25) is 0 Å². The van der Waals surface area contributed by atoms with E-state index in [0.29, 0.717) is 17.2 Å². The van der Waals surface area contributed by atoms with Crippen LogP contribution in [-0.2, 0) is 9.84 Å². The summed E-state index contributed by atoms with van der Waals surface area (Å²) in [4.78, 5) is 0.424. The van der Waals surface area contributed by atoms with Gasteiger partial charge in [-0.05, 0) is 78.7 Å². The van der Waals surface area contributed by atoms with Crippen LogP contribution in [0.3, 0.4) is 0 Å². The number of ether oxygens (including phenoxy) is 2.